The number of nitrogens with two attached hydrogens (primary N) is 1. The van der Waals surface area contributed by atoms with Crippen molar-refractivity contribution >= 4 is 11.3 Å². The average molecular weight is 291 g/mol. The Morgan fingerprint density at radius 3 is 3.25 bits per heavy atom. The van der Waals surface area contributed by atoms with Gasteiger partial charge in [-0.15, -0.1) is 11.3 Å². The number of thiazole rings is 1. The molecular formula is C15H21N3OS. The van der Waals surface area contributed by atoms with E-state index >= 15 is 0 Å². The largest absolute Gasteiger partial charge is 0.462 e. The van der Waals surface area contributed by atoms with Crippen molar-refractivity contribution < 1.29 is 4.42 Å². The second kappa shape index (κ2) is 6.52. The normalized spacial score (nSPS) is 20.4. The molecule has 20 heavy (non-hydrogen) atoms. The van der Waals surface area contributed by atoms with Crippen LogP contribution in [0.2, 0.25) is 0 Å². The van der Waals surface area contributed by atoms with Crippen LogP contribution in [0.25, 0.3) is 10.8 Å². The molecule has 1 unspecified atom stereocenters. The van der Waals surface area contributed by atoms with Gasteiger partial charge in [-0.05, 0) is 50.4 Å². The van der Waals surface area contributed by atoms with Crippen LogP contribution >= 0.6 is 11.3 Å². The maximum absolute atomic E-state index is 5.68. The molecule has 108 valence electrons. The summed E-state index contributed by atoms with van der Waals surface area (Å²) in [4.78, 5) is 7.18. The molecule has 0 saturated carbocycles. The lowest BCUT2D eigenvalue weighted by Crippen LogP contribution is -2.35. The fourth-order valence-electron chi connectivity index (χ4n) is 2.89. The third-order valence-electron chi connectivity index (χ3n) is 3.85. The number of rotatable bonds is 5. The van der Waals surface area contributed by atoms with Crippen molar-refractivity contribution in [2.24, 2.45) is 11.7 Å². The Morgan fingerprint density at radius 1 is 1.50 bits per heavy atom. The second-order valence-electron chi connectivity index (χ2n) is 5.44. The molecule has 3 rings (SSSR count). The molecule has 0 bridgehead atoms. The van der Waals surface area contributed by atoms with Gasteiger partial charge in [0.25, 0.3) is 0 Å². The van der Waals surface area contributed by atoms with E-state index in [1.54, 1.807) is 17.6 Å². The molecule has 2 N–H and O–H groups in total. The first-order chi connectivity index (χ1) is 9.85. The van der Waals surface area contributed by atoms with Crippen molar-refractivity contribution in [2.45, 2.75) is 25.8 Å². The Labute approximate surface area is 123 Å². The van der Waals surface area contributed by atoms with E-state index in [0.717, 1.165) is 48.4 Å². The van der Waals surface area contributed by atoms with Crippen molar-refractivity contribution in [3.8, 4) is 10.8 Å². The predicted molar refractivity (Wildman–Crippen MR) is 81.5 cm³/mol. The first-order valence-electron chi connectivity index (χ1n) is 7.26. The molecule has 0 amide bonds. The zero-order valence-corrected chi connectivity index (χ0v) is 12.4. The zero-order chi connectivity index (χ0) is 13.8. The second-order valence-corrected chi connectivity index (χ2v) is 6.30. The number of hydrogen-bond acceptors (Lipinski definition) is 5. The van der Waals surface area contributed by atoms with E-state index in [1.807, 2.05) is 12.1 Å². The lowest BCUT2D eigenvalue weighted by Gasteiger charge is -2.32. The highest BCUT2D eigenvalue weighted by atomic mass is 32.1. The summed E-state index contributed by atoms with van der Waals surface area (Å²) in [7, 11) is 0. The topological polar surface area (TPSA) is 55.3 Å². The summed E-state index contributed by atoms with van der Waals surface area (Å²) in [6.07, 6.45) is 5.44. The average Bonchev–Trinajstić information content (AvgIpc) is 3.10. The van der Waals surface area contributed by atoms with E-state index in [-0.39, 0.29) is 0 Å². The third kappa shape index (κ3) is 3.29. The van der Waals surface area contributed by atoms with Gasteiger partial charge in [0.05, 0.1) is 12.0 Å². The highest BCUT2D eigenvalue weighted by molar-refractivity contribution is 7.13. The van der Waals surface area contributed by atoms with Crippen LogP contribution in [0.3, 0.4) is 0 Å². The number of nitrogens with zero attached hydrogens (tertiary/aromatic N) is 2. The smallest absolute Gasteiger partial charge is 0.162 e. The molecule has 5 heteroatoms. The number of furan rings is 1. The third-order valence-corrected chi connectivity index (χ3v) is 4.75. The first kappa shape index (κ1) is 13.8. The van der Waals surface area contributed by atoms with Gasteiger partial charge in [-0.2, -0.15) is 0 Å². The Bertz CT molecular complexity index is 521. The van der Waals surface area contributed by atoms with Crippen LogP contribution in [0, 0.1) is 5.92 Å². The van der Waals surface area contributed by atoms with E-state index in [9.17, 15) is 0 Å². The Balaban J connectivity index is 1.60. The van der Waals surface area contributed by atoms with E-state index in [2.05, 4.69) is 15.3 Å². The summed E-state index contributed by atoms with van der Waals surface area (Å²) in [6.45, 7) is 4.08. The first-order valence-corrected chi connectivity index (χ1v) is 8.14. The van der Waals surface area contributed by atoms with Gasteiger partial charge in [-0.3, -0.25) is 4.90 Å². The summed E-state index contributed by atoms with van der Waals surface area (Å²) in [6, 6.07) is 3.86. The molecule has 1 atom stereocenters. The monoisotopic (exact) mass is 291 g/mol. The minimum atomic E-state index is 0.761. The number of piperidine rings is 1. The van der Waals surface area contributed by atoms with Gasteiger partial charge in [-0.1, -0.05) is 0 Å². The van der Waals surface area contributed by atoms with Crippen LogP contribution in [0.4, 0.5) is 0 Å². The highest BCUT2D eigenvalue weighted by Gasteiger charge is 2.20. The van der Waals surface area contributed by atoms with Gasteiger partial charge in [0.2, 0.25) is 0 Å². The van der Waals surface area contributed by atoms with Gasteiger partial charge < -0.3 is 10.2 Å². The summed E-state index contributed by atoms with van der Waals surface area (Å²) in [5.41, 5.74) is 6.82. The van der Waals surface area contributed by atoms with E-state index in [0.29, 0.717) is 0 Å². The minimum Gasteiger partial charge on any atom is -0.462 e. The Hall–Kier alpha value is -1.17. The SMILES string of the molecule is NCCC1CCCN(Cc2csc(-c3ccco3)n2)C1. The van der Waals surface area contributed by atoms with Crippen LogP contribution in [0.1, 0.15) is 25.0 Å². The van der Waals surface area contributed by atoms with Gasteiger partial charge in [0.1, 0.15) is 0 Å². The van der Waals surface area contributed by atoms with Crippen molar-refractivity contribution in [3.63, 3.8) is 0 Å². The van der Waals surface area contributed by atoms with E-state index < -0.39 is 0 Å². The molecule has 0 aliphatic carbocycles. The molecule has 1 aliphatic heterocycles. The van der Waals surface area contributed by atoms with Crippen LogP contribution in [0.15, 0.2) is 28.2 Å². The van der Waals surface area contributed by atoms with Crippen molar-refractivity contribution in [1.82, 2.24) is 9.88 Å². The van der Waals surface area contributed by atoms with Gasteiger partial charge in [0.15, 0.2) is 10.8 Å². The van der Waals surface area contributed by atoms with E-state index in [1.165, 1.54) is 19.4 Å². The number of likely N-dealkylation sites (tertiary alicyclic amines) is 1. The molecule has 1 saturated heterocycles. The molecule has 0 radical (unpaired) electrons. The standard InChI is InChI=1S/C15H21N3OS/c16-6-5-12-3-1-7-18(9-12)10-13-11-20-15(17-13)14-4-2-8-19-14/h2,4,8,11-12H,1,3,5-7,9-10,16H2. The predicted octanol–water partition coefficient (Wildman–Crippen LogP) is 2.96. The molecular weight excluding hydrogens is 270 g/mol. The van der Waals surface area contributed by atoms with Gasteiger partial charge in [0, 0.05) is 18.5 Å². The quantitative estimate of drug-likeness (QED) is 0.920. The summed E-state index contributed by atoms with van der Waals surface area (Å²) >= 11 is 1.66. The summed E-state index contributed by atoms with van der Waals surface area (Å²) < 4.78 is 5.39. The van der Waals surface area contributed by atoms with Crippen LogP contribution in [0.5, 0.6) is 0 Å². The number of aromatic nitrogens is 1. The number of hydrogen-bond donors (Lipinski definition) is 1. The van der Waals surface area contributed by atoms with Crippen molar-refractivity contribution in [3.05, 3.63) is 29.5 Å². The van der Waals surface area contributed by atoms with Crippen LogP contribution < -0.4 is 5.73 Å². The minimum absolute atomic E-state index is 0.761. The van der Waals surface area contributed by atoms with Crippen LogP contribution in [-0.4, -0.2) is 29.5 Å². The van der Waals surface area contributed by atoms with Gasteiger partial charge >= 0.3 is 0 Å². The lowest BCUT2D eigenvalue weighted by molar-refractivity contribution is 0.162. The highest BCUT2D eigenvalue weighted by Crippen LogP contribution is 2.26. The Morgan fingerprint density at radius 2 is 2.45 bits per heavy atom. The fraction of sp³-hybridized carbons (Fsp3) is 0.533. The maximum Gasteiger partial charge on any atom is 0.162 e. The molecule has 4 nitrogen and oxygen atoms in total. The molecule has 0 aromatic carbocycles. The molecule has 1 aliphatic rings. The molecule has 1 fully saturated rings. The fourth-order valence-corrected chi connectivity index (χ4v) is 3.67. The molecule has 2 aromatic heterocycles. The van der Waals surface area contributed by atoms with Gasteiger partial charge in [-0.25, -0.2) is 4.98 Å². The molecule has 3 heterocycles. The van der Waals surface area contributed by atoms with E-state index in [4.69, 9.17) is 10.2 Å². The van der Waals surface area contributed by atoms with Crippen LogP contribution in [-0.2, 0) is 6.54 Å². The van der Waals surface area contributed by atoms with Crippen molar-refractivity contribution in [2.75, 3.05) is 19.6 Å². The van der Waals surface area contributed by atoms with Crippen molar-refractivity contribution in [1.29, 1.82) is 0 Å². The Kier molecular flexibility index (Phi) is 4.50. The molecule has 2 aromatic rings. The maximum atomic E-state index is 5.68. The summed E-state index contributed by atoms with van der Waals surface area (Å²) in [5.74, 6) is 1.62. The lowest BCUT2D eigenvalue weighted by atomic mass is 9.95. The molecule has 0 spiro atoms. The summed E-state index contributed by atoms with van der Waals surface area (Å²) in [5, 5.41) is 3.12. The zero-order valence-electron chi connectivity index (χ0n) is 11.6.